The van der Waals surface area contributed by atoms with Gasteiger partial charge in [-0.05, 0) is 6.42 Å². The van der Waals surface area contributed by atoms with Crippen molar-refractivity contribution in [3.8, 4) is 0 Å². The minimum Gasteiger partial charge on any atom is -0.396 e. The van der Waals surface area contributed by atoms with Gasteiger partial charge in [0.1, 0.15) is 36.6 Å². The highest BCUT2D eigenvalue weighted by atomic mass is 16.4. The normalized spacial score (nSPS) is 41.6. The van der Waals surface area contributed by atoms with Crippen molar-refractivity contribution in [2.24, 2.45) is 0 Å². The summed E-state index contributed by atoms with van der Waals surface area (Å²) in [5, 5.41) is 69.7. The van der Waals surface area contributed by atoms with Gasteiger partial charge >= 0.3 is 0 Å². The Labute approximate surface area is 98.0 Å². The third-order valence-electron chi connectivity index (χ3n) is 2.42. The first kappa shape index (κ1) is 16.7. The fraction of sp³-hybridized carbons (Fsp3) is 1.00. The van der Waals surface area contributed by atoms with E-state index in [1.54, 1.807) is 0 Å². The fourth-order valence-electron chi connectivity index (χ4n) is 1.28. The molecule has 0 unspecified atom stereocenters. The Hall–Kier alpha value is -0.320. The molecule has 0 aromatic heterocycles. The molecule has 8 heteroatoms. The molecule has 1 fully saturated rings. The molecule has 0 saturated heterocycles. The van der Waals surface area contributed by atoms with Crippen LogP contribution in [-0.2, 0) is 0 Å². The van der Waals surface area contributed by atoms with Gasteiger partial charge in [0, 0.05) is 13.2 Å². The molecule has 0 spiro atoms. The summed E-state index contributed by atoms with van der Waals surface area (Å²) < 4.78 is 0. The van der Waals surface area contributed by atoms with Crippen LogP contribution in [-0.4, -0.2) is 90.7 Å². The molecule has 0 radical (unpaired) electrons. The number of hydrogen-bond acceptors (Lipinski definition) is 8. The second kappa shape index (κ2) is 7.90. The topological polar surface area (TPSA) is 162 Å². The molecule has 104 valence electrons. The van der Waals surface area contributed by atoms with Crippen LogP contribution in [0.5, 0.6) is 0 Å². The van der Waals surface area contributed by atoms with E-state index in [4.69, 9.17) is 40.9 Å². The Morgan fingerprint density at radius 3 is 0.706 bits per heavy atom. The highest BCUT2D eigenvalue weighted by Gasteiger charge is 2.47. The Bertz CT molecular complexity index is 141. The van der Waals surface area contributed by atoms with E-state index >= 15 is 0 Å². The third kappa shape index (κ3) is 4.45. The Morgan fingerprint density at radius 2 is 0.647 bits per heavy atom. The van der Waals surface area contributed by atoms with Crippen molar-refractivity contribution in [2.75, 3.05) is 13.2 Å². The predicted molar refractivity (Wildman–Crippen MR) is 54.8 cm³/mol. The molecule has 0 amide bonds. The van der Waals surface area contributed by atoms with Gasteiger partial charge in [-0.25, -0.2) is 0 Å². The number of rotatable bonds is 2. The molecule has 1 aliphatic carbocycles. The van der Waals surface area contributed by atoms with Crippen LogP contribution in [0.1, 0.15) is 6.42 Å². The van der Waals surface area contributed by atoms with Gasteiger partial charge in [-0.3, -0.25) is 0 Å². The van der Waals surface area contributed by atoms with Crippen molar-refractivity contribution >= 4 is 0 Å². The van der Waals surface area contributed by atoms with Crippen LogP contribution in [0.3, 0.4) is 0 Å². The zero-order chi connectivity index (χ0) is 13.6. The Morgan fingerprint density at radius 1 is 0.471 bits per heavy atom. The first-order chi connectivity index (χ1) is 7.88. The second-order valence-corrected chi connectivity index (χ2v) is 3.74. The maximum atomic E-state index is 8.97. The lowest BCUT2D eigenvalue weighted by atomic mass is 9.85. The van der Waals surface area contributed by atoms with E-state index in [1.807, 2.05) is 0 Å². The summed E-state index contributed by atoms with van der Waals surface area (Å²) in [5.41, 5.74) is 0. The number of hydrogen-bond donors (Lipinski definition) is 8. The Kier molecular flexibility index (Phi) is 7.75. The van der Waals surface area contributed by atoms with Gasteiger partial charge in [0.2, 0.25) is 0 Å². The first-order valence-electron chi connectivity index (χ1n) is 5.18. The molecule has 1 saturated carbocycles. The van der Waals surface area contributed by atoms with Crippen molar-refractivity contribution in [3.05, 3.63) is 0 Å². The highest BCUT2D eigenvalue weighted by molar-refractivity contribution is 4.98. The molecule has 0 bridgehead atoms. The summed E-state index contributed by atoms with van der Waals surface area (Å²) >= 11 is 0. The quantitative estimate of drug-likeness (QED) is 0.245. The zero-order valence-corrected chi connectivity index (χ0v) is 9.16. The fourth-order valence-corrected chi connectivity index (χ4v) is 1.28. The van der Waals surface area contributed by atoms with Gasteiger partial charge < -0.3 is 40.9 Å². The van der Waals surface area contributed by atoms with Crippen LogP contribution in [0, 0.1) is 0 Å². The van der Waals surface area contributed by atoms with Crippen LogP contribution >= 0.6 is 0 Å². The molecule has 17 heavy (non-hydrogen) atoms. The molecule has 0 heterocycles. The van der Waals surface area contributed by atoms with E-state index in [0.29, 0.717) is 6.42 Å². The number of aliphatic hydroxyl groups is 8. The minimum absolute atomic E-state index is 0.0938. The molecule has 8 nitrogen and oxygen atoms in total. The summed E-state index contributed by atoms with van der Waals surface area (Å²) in [6.07, 6.45) is -9.34. The van der Waals surface area contributed by atoms with Gasteiger partial charge in [0.15, 0.2) is 0 Å². The second-order valence-electron chi connectivity index (χ2n) is 3.74. The molecule has 0 atom stereocenters. The van der Waals surface area contributed by atoms with Gasteiger partial charge in [-0.1, -0.05) is 0 Å². The average Bonchev–Trinajstić information content (AvgIpc) is 2.33. The van der Waals surface area contributed by atoms with Crippen molar-refractivity contribution in [2.45, 2.75) is 43.0 Å². The van der Waals surface area contributed by atoms with Crippen LogP contribution < -0.4 is 0 Å². The monoisotopic (exact) mass is 256 g/mol. The lowest BCUT2D eigenvalue weighted by molar-refractivity contribution is -0.223. The van der Waals surface area contributed by atoms with Crippen LogP contribution in [0.15, 0.2) is 0 Å². The van der Waals surface area contributed by atoms with Crippen molar-refractivity contribution in [3.63, 3.8) is 0 Å². The minimum atomic E-state index is -1.64. The summed E-state index contributed by atoms with van der Waals surface area (Å²) in [4.78, 5) is 0. The van der Waals surface area contributed by atoms with E-state index in [2.05, 4.69) is 0 Å². The summed E-state index contributed by atoms with van der Waals surface area (Å²) in [7, 11) is 0. The number of aliphatic hydroxyl groups excluding tert-OH is 8. The lowest BCUT2D eigenvalue weighted by Gasteiger charge is -2.39. The molecule has 8 N–H and O–H groups in total. The van der Waals surface area contributed by atoms with Crippen LogP contribution in [0.25, 0.3) is 0 Å². The van der Waals surface area contributed by atoms with Crippen LogP contribution in [0.2, 0.25) is 0 Å². The van der Waals surface area contributed by atoms with Gasteiger partial charge in [0.25, 0.3) is 0 Å². The average molecular weight is 256 g/mol. The maximum absolute atomic E-state index is 8.97. The molecule has 1 aliphatic rings. The van der Waals surface area contributed by atoms with E-state index < -0.39 is 36.6 Å². The molecule has 1 rings (SSSR count). The SMILES string of the molecule is OCCCO.O[C@H]1[C@H](O)[C@@H](O)[C@H](O)[C@@H](O)[C@H]1O. The predicted octanol–water partition coefficient (Wildman–Crippen LogP) is -4.47. The van der Waals surface area contributed by atoms with E-state index in [-0.39, 0.29) is 13.2 Å². The van der Waals surface area contributed by atoms with E-state index in [0.717, 1.165) is 0 Å². The van der Waals surface area contributed by atoms with Gasteiger partial charge in [0.05, 0.1) is 0 Å². The molecular weight excluding hydrogens is 236 g/mol. The van der Waals surface area contributed by atoms with Crippen molar-refractivity contribution < 1.29 is 40.9 Å². The zero-order valence-electron chi connectivity index (χ0n) is 9.16. The van der Waals surface area contributed by atoms with E-state index in [9.17, 15) is 0 Å². The van der Waals surface area contributed by atoms with Crippen LogP contribution in [0.4, 0.5) is 0 Å². The smallest absolute Gasteiger partial charge is 0.111 e. The standard InChI is InChI=1S/C6H12O6.C3H8O2/c7-1-2(8)4(10)6(12)5(11)3(1)9;4-2-1-3-5/h1-12H;4-5H,1-3H2/t1-,2-,3-,4+,5-,6-;. The van der Waals surface area contributed by atoms with Gasteiger partial charge in [-0.2, -0.15) is 0 Å². The highest BCUT2D eigenvalue weighted by Crippen LogP contribution is 2.20. The van der Waals surface area contributed by atoms with Crippen molar-refractivity contribution in [1.82, 2.24) is 0 Å². The summed E-state index contributed by atoms with van der Waals surface area (Å²) in [6.45, 7) is 0.188. The molecule has 0 aliphatic heterocycles. The molecule has 0 aromatic rings. The Balaban J connectivity index is 0.000000437. The summed E-state index contributed by atoms with van der Waals surface area (Å²) in [5.74, 6) is 0. The van der Waals surface area contributed by atoms with Crippen molar-refractivity contribution in [1.29, 1.82) is 0 Å². The lowest BCUT2D eigenvalue weighted by Crippen LogP contribution is -2.63. The largest absolute Gasteiger partial charge is 0.396 e. The molecule has 0 aromatic carbocycles. The maximum Gasteiger partial charge on any atom is 0.111 e. The first-order valence-corrected chi connectivity index (χ1v) is 5.18. The van der Waals surface area contributed by atoms with Gasteiger partial charge in [-0.15, -0.1) is 0 Å². The molecular formula is C9H20O8. The summed E-state index contributed by atoms with van der Waals surface area (Å²) in [6, 6.07) is 0. The third-order valence-corrected chi connectivity index (χ3v) is 2.42. The van der Waals surface area contributed by atoms with E-state index in [1.165, 1.54) is 0 Å².